The van der Waals surface area contributed by atoms with Gasteiger partial charge in [0.2, 0.25) is 5.91 Å². The largest absolute Gasteiger partial charge is 0.480 e. The lowest BCUT2D eigenvalue weighted by Gasteiger charge is -2.19. The number of hydrogen-bond acceptors (Lipinski definition) is 4. The Bertz CT molecular complexity index is 506. The van der Waals surface area contributed by atoms with Crippen molar-refractivity contribution in [1.82, 2.24) is 4.90 Å². The van der Waals surface area contributed by atoms with Crippen molar-refractivity contribution in [3.63, 3.8) is 0 Å². The maximum atomic E-state index is 12.7. The molecular weight excluding hydrogens is 267 g/mol. The van der Waals surface area contributed by atoms with E-state index in [-0.39, 0.29) is 19.5 Å². The summed E-state index contributed by atoms with van der Waals surface area (Å²) in [7, 11) is 0. The van der Waals surface area contributed by atoms with E-state index in [4.69, 9.17) is 5.11 Å². The van der Waals surface area contributed by atoms with Gasteiger partial charge in [-0.25, -0.2) is 4.39 Å². The highest BCUT2D eigenvalue weighted by Gasteiger charge is 2.36. The molecule has 1 saturated heterocycles. The first-order valence-corrected chi connectivity index (χ1v) is 6.16. The standard InChI is InChI=1S/C13H15FN2O4/c14-8-1-3-9(4-2-8)15-12(18)7-16-6-10(17)5-11(16)13(19)20/h1-4,10-11,17H,5-7H2,(H,15,18)(H,19,20). The average Bonchev–Trinajstić information content (AvgIpc) is 2.73. The van der Waals surface area contributed by atoms with Crippen molar-refractivity contribution >= 4 is 17.6 Å². The third-order valence-corrected chi connectivity index (χ3v) is 3.14. The molecule has 1 aromatic carbocycles. The van der Waals surface area contributed by atoms with Crippen molar-refractivity contribution < 1.29 is 24.2 Å². The first-order chi connectivity index (χ1) is 9.45. The molecule has 1 fully saturated rings. The zero-order valence-corrected chi connectivity index (χ0v) is 10.6. The monoisotopic (exact) mass is 282 g/mol. The molecule has 0 aliphatic carbocycles. The predicted octanol–water partition coefficient (Wildman–Crippen LogP) is 0.284. The minimum atomic E-state index is -1.06. The molecule has 0 bridgehead atoms. The fourth-order valence-electron chi connectivity index (χ4n) is 2.23. The van der Waals surface area contributed by atoms with Crippen molar-refractivity contribution in [1.29, 1.82) is 0 Å². The number of β-amino-alcohol motifs (C(OH)–C–C–N with tert-alkyl or cyclic N) is 1. The number of aliphatic carboxylic acids is 1. The second-order valence-electron chi connectivity index (χ2n) is 4.73. The normalized spacial score (nSPS) is 22.7. The molecule has 1 aliphatic rings. The maximum absolute atomic E-state index is 12.7. The Morgan fingerprint density at radius 3 is 2.60 bits per heavy atom. The second kappa shape index (κ2) is 5.98. The number of nitrogens with one attached hydrogen (secondary N) is 1. The van der Waals surface area contributed by atoms with Gasteiger partial charge in [-0.05, 0) is 24.3 Å². The van der Waals surface area contributed by atoms with E-state index in [0.29, 0.717) is 5.69 Å². The van der Waals surface area contributed by atoms with E-state index in [9.17, 15) is 19.1 Å². The Morgan fingerprint density at radius 1 is 1.35 bits per heavy atom. The van der Waals surface area contributed by atoms with Crippen LogP contribution in [0.2, 0.25) is 0 Å². The molecule has 1 heterocycles. The highest BCUT2D eigenvalue weighted by atomic mass is 19.1. The van der Waals surface area contributed by atoms with Gasteiger partial charge in [-0.2, -0.15) is 0 Å². The third-order valence-electron chi connectivity index (χ3n) is 3.14. The summed E-state index contributed by atoms with van der Waals surface area (Å²) >= 11 is 0. The Morgan fingerprint density at radius 2 is 2.00 bits per heavy atom. The number of aliphatic hydroxyl groups excluding tert-OH is 1. The quantitative estimate of drug-likeness (QED) is 0.738. The Kier molecular flexibility index (Phi) is 4.31. The van der Waals surface area contributed by atoms with Crippen LogP contribution < -0.4 is 5.32 Å². The van der Waals surface area contributed by atoms with Gasteiger partial charge in [-0.1, -0.05) is 0 Å². The SMILES string of the molecule is O=C(CN1CC(O)CC1C(=O)O)Nc1ccc(F)cc1. The van der Waals surface area contributed by atoms with Gasteiger partial charge in [0.25, 0.3) is 0 Å². The van der Waals surface area contributed by atoms with Crippen LogP contribution in [0.15, 0.2) is 24.3 Å². The Labute approximate surface area is 114 Å². The van der Waals surface area contributed by atoms with E-state index in [0.717, 1.165) is 0 Å². The van der Waals surface area contributed by atoms with Crippen LogP contribution in [0, 0.1) is 5.82 Å². The highest BCUT2D eigenvalue weighted by molar-refractivity contribution is 5.92. The number of carbonyl (C=O) groups is 2. The number of carbonyl (C=O) groups excluding carboxylic acids is 1. The number of aliphatic hydroxyl groups is 1. The van der Waals surface area contributed by atoms with E-state index in [2.05, 4.69) is 5.32 Å². The summed E-state index contributed by atoms with van der Waals surface area (Å²) in [5.41, 5.74) is 0.433. The number of nitrogens with zero attached hydrogens (tertiary/aromatic N) is 1. The van der Waals surface area contributed by atoms with E-state index >= 15 is 0 Å². The van der Waals surface area contributed by atoms with Crippen molar-refractivity contribution in [2.45, 2.75) is 18.6 Å². The summed E-state index contributed by atoms with van der Waals surface area (Å²) < 4.78 is 12.7. The lowest BCUT2D eigenvalue weighted by Crippen LogP contribution is -2.41. The van der Waals surface area contributed by atoms with Gasteiger partial charge < -0.3 is 15.5 Å². The predicted molar refractivity (Wildman–Crippen MR) is 68.7 cm³/mol. The smallest absolute Gasteiger partial charge is 0.321 e. The zero-order chi connectivity index (χ0) is 14.7. The maximum Gasteiger partial charge on any atom is 0.321 e. The van der Waals surface area contributed by atoms with Gasteiger partial charge in [0, 0.05) is 18.7 Å². The van der Waals surface area contributed by atoms with Gasteiger partial charge in [-0.15, -0.1) is 0 Å². The molecule has 7 heteroatoms. The fourth-order valence-corrected chi connectivity index (χ4v) is 2.23. The van der Waals surface area contributed by atoms with Gasteiger partial charge in [-0.3, -0.25) is 14.5 Å². The number of carboxylic acids is 1. The highest BCUT2D eigenvalue weighted by Crippen LogP contribution is 2.18. The summed E-state index contributed by atoms with van der Waals surface area (Å²) in [5, 5.41) is 21.0. The minimum absolute atomic E-state index is 0.110. The van der Waals surface area contributed by atoms with Crippen LogP contribution in [0.3, 0.4) is 0 Å². The van der Waals surface area contributed by atoms with Crippen molar-refractivity contribution in [3.8, 4) is 0 Å². The Hall–Kier alpha value is -1.99. The molecule has 3 N–H and O–H groups in total. The molecule has 0 spiro atoms. The number of halogens is 1. The molecule has 2 atom stereocenters. The third kappa shape index (κ3) is 3.52. The van der Waals surface area contributed by atoms with Gasteiger partial charge in [0.05, 0.1) is 12.6 Å². The fraction of sp³-hybridized carbons (Fsp3) is 0.385. The molecule has 2 unspecified atom stereocenters. The molecule has 1 amide bonds. The van der Waals surface area contributed by atoms with Gasteiger partial charge in [0.1, 0.15) is 11.9 Å². The van der Waals surface area contributed by atoms with Crippen LogP contribution in [-0.2, 0) is 9.59 Å². The first-order valence-electron chi connectivity index (χ1n) is 6.16. The number of benzene rings is 1. The number of amides is 1. The first kappa shape index (κ1) is 14.4. The van der Waals surface area contributed by atoms with Crippen molar-refractivity contribution in [3.05, 3.63) is 30.1 Å². The molecule has 0 saturated carbocycles. The number of anilines is 1. The lowest BCUT2D eigenvalue weighted by atomic mass is 10.2. The molecule has 2 rings (SSSR count). The minimum Gasteiger partial charge on any atom is -0.480 e. The van der Waals surface area contributed by atoms with Crippen LogP contribution >= 0.6 is 0 Å². The average molecular weight is 282 g/mol. The molecule has 0 radical (unpaired) electrons. The number of carboxylic acid groups (broad SMARTS) is 1. The van der Waals surface area contributed by atoms with E-state index in [1.165, 1.54) is 29.2 Å². The summed E-state index contributed by atoms with van der Waals surface area (Å²) in [6.45, 7) is 0.0131. The van der Waals surface area contributed by atoms with Crippen LogP contribution in [0.25, 0.3) is 0 Å². The van der Waals surface area contributed by atoms with E-state index in [1.54, 1.807) is 0 Å². The lowest BCUT2D eigenvalue weighted by molar-refractivity contribution is -0.142. The number of rotatable bonds is 4. The van der Waals surface area contributed by atoms with Gasteiger partial charge >= 0.3 is 5.97 Å². The topological polar surface area (TPSA) is 89.9 Å². The summed E-state index contributed by atoms with van der Waals surface area (Å²) in [5.74, 6) is -1.87. The van der Waals surface area contributed by atoms with E-state index in [1.807, 2.05) is 0 Å². The van der Waals surface area contributed by atoms with Crippen molar-refractivity contribution in [2.24, 2.45) is 0 Å². The molecule has 108 valence electrons. The molecular formula is C13H15FN2O4. The van der Waals surface area contributed by atoms with Crippen LogP contribution in [0.1, 0.15) is 6.42 Å². The van der Waals surface area contributed by atoms with Crippen LogP contribution in [-0.4, -0.2) is 52.2 Å². The van der Waals surface area contributed by atoms with Crippen molar-refractivity contribution in [2.75, 3.05) is 18.4 Å². The van der Waals surface area contributed by atoms with Crippen LogP contribution in [0.4, 0.5) is 10.1 Å². The molecule has 1 aliphatic heterocycles. The molecule has 1 aromatic rings. The zero-order valence-electron chi connectivity index (χ0n) is 10.6. The van der Waals surface area contributed by atoms with E-state index < -0.39 is 29.8 Å². The van der Waals surface area contributed by atoms with Gasteiger partial charge in [0.15, 0.2) is 0 Å². The second-order valence-corrected chi connectivity index (χ2v) is 4.73. The number of hydrogen-bond donors (Lipinski definition) is 3. The molecule has 0 aromatic heterocycles. The van der Waals surface area contributed by atoms with Crippen LogP contribution in [0.5, 0.6) is 0 Å². The summed E-state index contributed by atoms with van der Waals surface area (Å²) in [6, 6.07) is 4.41. The Balaban J connectivity index is 1.93. The summed E-state index contributed by atoms with van der Waals surface area (Å²) in [4.78, 5) is 24.2. The molecule has 20 heavy (non-hydrogen) atoms. The molecule has 6 nitrogen and oxygen atoms in total. The number of likely N-dealkylation sites (tertiary alicyclic amines) is 1. The summed E-state index contributed by atoms with van der Waals surface area (Å²) in [6.07, 6.45) is -0.631.